The second-order valence-corrected chi connectivity index (χ2v) is 11.7. The zero-order valence-corrected chi connectivity index (χ0v) is 20.3. The first-order valence-electron chi connectivity index (χ1n) is 11.5. The van der Waals surface area contributed by atoms with Crippen molar-refractivity contribution in [2.24, 2.45) is 11.1 Å². The second-order valence-electron chi connectivity index (χ2n) is 9.04. The normalized spacial score (nSPS) is 17.7. The van der Waals surface area contributed by atoms with Crippen LogP contribution in [0.5, 0.6) is 0 Å². The van der Waals surface area contributed by atoms with Gasteiger partial charge >= 0.3 is 0 Å². The van der Waals surface area contributed by atoms with E-state index >= 15 is 0 Å². The molecule has 9 heteroatoms. The van der Waals surface area contributed by atoms with Gasteiger partial charge in [0.05, 0.1) is 16.9 Å². The van der Waals surface area contributed by atoms with E-state index in [1.54, 1.807) is 12.1 Å². The van der Waals surface area contributed by atoms with Crippen LogP contribution in [0.1, 0.15) is 53.7 Å². The number of hydrogen-bond donors (Lipinski definition) is 2. The van der Waals surface area contributed by atoms with Crippen molar-refractivity contribution in [3.63, 3.8) is 0 Å². The highest BCUT2D eigenvalue weighted by molar-refractivity contribution is 7.89. The highest BCUT2D eigenvalue weighted by Gasteiger charge is 2.25. The van der Waals surface area contributed by atoms with Gasteiger partial charge in [-0.15, -0.1) is 11.3 Å². The number of rotatable bonds is 6. The maximum atomic E-state index is 12.6. The number of nitrogens with two attached hydrogens (primary N) is 1. The molecule has 176 valence electrons. The fraction of sp³-hybridized carbons (Fsp3) is 0.500. The van der Waals surface area contributed by atoms with E-state index in [-0.39, 0.29) is 17.2 Å². The number of carbonyl (C=O) groups is 1. The lowest BCUT2D eigenvalue weighted by Crippen LogP contribution is -2.32. The van der Waals surface area contributed by atoms with Gasteiger partial charge in [-0.05, 0) is 54.9 Å². The average molecular weight is 487 g/mol. The van der Waals surface area contributed by atoms with Gasteiger partial charge in [0.25, 0.3) is 0 Å². The minimum atomic E-state index is -3.76. The Morgan fingerprint density at radius 2 is 1.85 bits per heavy atom. The molecule has 0 spiro atoms. The molecule has 3 N–H and O–H groups in total. The van der Waals surface area contributed by atoms with Crippen molar-refractivity contribution in [2.75, 3.05) is 25.0 Å². The van der Waals surface area contributed by atoms with Gasteiger partial charge in [-0.1, -0.05) is 31.4 Å². The monoisotopic (exact) mass is 486 g/mol. The fourth-order valence-electron chi connectivity index (χ4n) is 4.90. The summed E-state index contributed by atoms with van der Waals surface area (Å²) in [6.07, 6.45) is 8.58. The summed E-state index contributed by atoms with van der Waals surface area (Å²) in [6.45, 7) is 3.11. The van der Waals surface area contributed by atoms with Crippen LogP contribution in [0, 0.1) is 17.2 Å². The maximum absolute atomic E-state index is 12.6. The molecule has 33 heavy (non-hydrogen) atoms. The van der Waals surface area contributed by atoms with Gasteiger partial charge in [0.2, 0.25) is 15.9 Å². The number of hydrogen-bond acceptors (Lipinski definition) is 6. The molecular weight excluding hydrogens is 456 g/mol. The lowest BCUT2D eigenvalue weighted by molar-refractivity contribution is -0.115. The first-order valence-corrected chi connectivity index (χ1v) is 13.9. The van der Waals surface area contributed by atoms with Crippen molar-refractivity contribution in [3.05, 3.63) is 45.8 Å². The number of nitrogens with zero attached hydrogens (tertiary/aromatic N) is 2. The number of thiophene rings is 1. The highest BCUT2D eigenvalue weighted by atomic mass is 32.2. The third kappa shape index (κ3) is 6.01. The van der Waals surface area contributed by atoms with Crippen LogP contribution in [0.25, 0.3) is 0 Å². The number of fused-ring (bicyclic) bond motifs is 1. The summed E-state index contributed by atoms with van der Waals surface area (Å²) in [4.78, 5) is 16.4. The third-order valence-electron chi connectivity index (χ3n) is 6.65. The Kier molecular flexibility index (Phi) is 7.49. The molecule has 4 rings (SSSR count). The molecule has 0 unspecified atom stereocenters. The summed E-state index contributed by atoms with van der Waals surface area (Å²) in [7, 11) is -3.76. The Morgan fingerprint density at radius 3 is 2.52 bits per heavy atom. The predicted molar refractivity (Wildman–Crippen MR) is 130 cm³/mol. The van der Waals surface area contributed by atoms with Crippen molar-refractivity contribution in [1.29, 1.82) is 5.26 Å². The molecular formula is C24H30N4O3S2. The molecule has 1 saturated carbocycles. The molecule has 1 aromatic heterocycles. The van der Waals surface area contributed by atoms with Crippen molar-refractivity contribution in [2.45, 2.75) is 56.3 Å². The Balaban J connectivity index is 1.39. The number of nitriles is 1. The van der Waals surface area contributed by atoms with E-state index in [9.17, 15) is 18.5 Å². The number of sulfonamides is 1. The second kappa shape index (κ2) is 10.3. The van der Waals surface area contributed by atoms with Crippen LogP contribution < -0.4 is 10.5 Å². The van der Waals surface area contributed by atoms with Gasteiger partial charge in [0.1, 0.15) is 11.1 Å². The van der Waals surface area contributed by atoms with Crippen LogP contribution in [0.15, 0.2) is 29.2 Å². The SMILES string of the molecule is N#Cc1c(NC(=O)Cc2ccc(S(N)(=O)=O)cc2)sc2c1CCN(CC1CCCCC1)CC2. The van der Waals surface area contributed by atoms with E-state index in [1.165, 1.54) is 60.5 Å². The minimum absolute atomic E-state index is 0.0120. The number of benzene rings is 1. The van der Waals surface area contributed by atoms with Crippen molar-refractivity contribution in [3.8, 4) is 6.07 Å². The van der Waals surface area contributed by atoms with Gasteiger partial charge in [0, 0.05) is 24.5 Å². The van der Waals surface area contributed by atoms with E-state index in [1.807, 2.05) is 0 Å². The molecule has 1 aromatic carbocycles. The number of anilines is 1. The molecule has 0 saturated heterocycles. The summed E-state index contributed by atoms with van der Waals surface area (Å²) < 4.78 is 22.8. The lowest BCUT2D eigenvalue weighted by atomic mass is 9.89. The first-order chi connectivity index (χ1) is 15.8. The van der Waals surface area contributed by atoms with Gasteiger partial charge in [-0.2, -0.15) is 5.26 Å². The van der Waals surface area contributed by atoms with E-state index in [0.29, 0.717) is 16.1 Å². The van der Waals surface area contributed by atoms with Crippen LogP contribution in [-0.4, -0.2) is 38.9 Å². The Labute approximate surface area is 199 Å². The smallest absolute Gasteiger partial charge is 0.238 e. The number of amides is 1. The van der Waals surface area contributed by atoms with Gasteiger partial charge in [-0.3, -0.25) is 4.79 Å². The zero-order chi connectivity index (χ0) is 23.4. The summed E-state index contributed by atoms with van der Waals surface area (Å²) in [6, 6.07) is 8.26. The molecule has 1 aliphatic heterocycles. The molecule has 7 nitrogen and oxygen atoms in total. The molecule has 0 bridgehead atoms. The summed E-state index contributed by atoms with van der Waals surface area (Å²) in [5.41, 5.74) is 2.35. The number of primary sulfonamides is 1. The third-order valence-corrected chi connectivity index (χ3v) is 8.78. The maximum Gasteiger partial charge on any atom is 0.238 e. The van der Waals surface area contributed by atoms with Crippen LogP contribution in [-0.2, 0) is 34.1 Å². The fourth-order valence-corrected chi connectivity index (χ4v) is 6.62. The zero-order valence-electron chi connectivity index (χ0n) is 18.7. The first kappa shape index (κ1) is 23.9. The topological polar surface area (TPSA) is 116 Å². The highest BCUT2D eigenvalue weighted by Crippen LogP contribution is 2.36. The Hall–Kier alpha value is -2.25. The summed E-state index contributed by atoms with van der Waals surface area (Å²) in [5, 5.41) is 18.5. The van der Waals surface area contributed by atoms with Crippen LogP contribution in [0.2, 0.25) is 0 Å². The molecule has 0 radical (unpaired) electrons. The summed E-state index contributed by atoms with van der Waals surface area (Å²) >= 11 is 1.52. The van der Waals surface area contributed by atoms with E-state index in [0.717, 1.165) is 44.0 Å². The lowest BCUT2D eigenvalue weighted by Gasteiger charge is -2.28. The molecule has 2 heterocycles. The van der Waals surface area contributed by atoms with Gasteiger partial charge in [-0.25, -0.2) is 13.6 Å². The average Bonchev–Trinajstić information content (AvgIpc) is 2.99. The Bertz CT molecular complexity index is 1140. The van der Waals surface area contributed by atoms with E-state index in [2.05, 4.69) is 16.3 Å². The van der Waals surface area contributed by atoms with Gasteiger partial charge < -0.3 is 10.2 Å². The van der Waals surface area contributed by atoms with E-state index in [4.69, 9.17) is 5.14 Å². The van der Waals surface area contributed by atoms with Crippen molar-refractivity contribution < 1.29 is 13.2 Å². The van der Waals surface area contributed by atoms with Gasteiger partial charge in [0.15, 0.2) is 0 Å². The Morgan fingerprint density at radius 1 is 1.15 bits per heavy atom. The molecule has 2 aromatic rings. The minimum Gasteiger partial charge on any atom is -0.316 e. The molecule has 1 amide bonds. The van der Waals surface area contributed by atoms with Crippen molar-refractivity contribution >= 4 is 32.3 Å². The molecule has 1 aliphatic carbocycles. The summed E-state index contributed by atoms with van der Waals surface area (Å²) in [5.74, 6) is 0.574. The largest absolute Gasteiger partial charge is 0.316 e. The standard InChI is InChI=1S/C24H30N4O3S2/c25-15-21-20-10-12-28(16-18-4-2-1-3-5-18)13-11-22(20)32-24(21)27-23(29)14-17-6-8-19(9-7-17)33(26,30)31/h6-9,18H,1-5,10-14,16H2,(H,27,29)(H2,26,30,31). The molecule has 0 atom stereocenters. The van der Waals surface area contributed by atoms with Crippen LogP contribution >= 0.6 is 11.3 Å². The van der Waals surface area contributed by atoms with E-state index < -0.39 is 10.0 Å². The van der Waals surface area contributed by atoms with Crippen LogP contribution in [0.4, 0.5) is 5.00 Å². The molecule has 2 aliphatic rings. The van der Waals surface area contributed by atoms with Crippen molar-refractivity contribution in [1.82, 2.24) is 4.90 Å². The number of nitrogens with one attached hydrogen (secondary N) is 1. The molecule has 1 fully saturated rings. The predicted octanol–water partition coefficient (Wildman–Crippen LogP) is 3.43. The van der Waals surface area contributed by atoms with Crippen LogP contribution in [0.3, 0.4) is 0 Å². The number of carbonyl (C=O) groups excluding carboxylic acids is 1. The quantitative estimate of drug-likeness (QED) is 0.649.